The Kier molecular flexibility index (Phi) is 12.0. The Morgan fingerprint density at radius 3 is 1.19 bits per heavy atom. The van der Waals surface area contributed by atoms with E-state index in [1.165, 1.54) is 26.3 Å². The van der Waals surface area contributed by atoms with Crippen LogP contribution in [0.3, 0.4) is 0 Å². The predicted molar refractivity (Wildman–Crippen MR) is 187 cm³/mol. The molecule has 4 heteroatoms. The highest BCUT2D eigenvalue weighted by Gasteiger charge is 2.50. The second-order valence-electron chi connectivity index (χ2n) is 12.1. The molecule has 0 spiro atoms. The molecule has 0 aliphatic carbocycles. The average Bonchev–Trinajstić information content (AvgIpc) is 3.04. The topological polar surface area (TPSA) is 9.23 Å². The number of hydrogen-bond acceptors (Lipinski definition) is 1. The van der Waals surface area contributed by atoms with Gasteiger partial charge in [0, 0.05) is 6.61 Å². The van der Waals surface area contributed by atoms with E-state index in [-0.39, 0.29) is 29.0 Å². The van der Waals surface area contributed by atoms with Gasteiger partial charge in [-0.25, -0.2) is 0 Å². The van der Waals surface area contributed by atoms with Gasteiger partial charge in [-0.1, -0.05) is 136 Å². The van der Waals surface area contributed by atoms with Crippen LogP contribution >= 0.6 is 7.26 Å². The molecule has 0 aliphatic rings. The third-order valence-electron chi connectivity index (χ3n) is 8.46. The van der Waals surface area contributed by atoms with Crippen LogP contribution < -0.4 is 50.3 Å². The first kappa shape index (κ1) is 33.3. The summed E-state index contributed by atoms with van der Waals surface area (Å²) in [7, 11) is -4.29. The monoisotopic (exact) mass is 714 g/mol. The summed E-state index contributed by atoms with van der Waals surface area (Å²) in [5.41, 5.74) is 0. The van der Waals surface area contributed by atoms with E-state index in [4.69, 9.17) is 4.43 Å². The van der Waals surface area contributed by atoms with Crippen molar-refractivity contribution >= 4 is 41.9 Å². The minimum absolute atomic E-state index is 0. The van der Waals surface area contributed by atoms with Crippen molar-refractivity contribution in [2.45, 2.75) is 45.1 Å². The zero-order chi connectivity index (χ0) is 29.3. The molecule has 0 aromatic heterocycles. The van der Waals surface area contributed by atoms with Gasteiger partial charge in [0.05, 0.1) is 6.16 Å². The number of benzene rings is 5. The fourth-order valence-corrected chi connectivity index (χ4v) is 15.5. The van der Waals surface area contributed by atoms with Gasteiger partial charge in [0.25, 0.3) is 8.32 Å². The van der Waals surface area contributed by atoms with Crippen molar-refractivity contribution in [3.8, 4) is 0 Å². The van der Waals surface area contributed by atoms with Crippen LogP contribution in [0.25, 0.3) is 0 Å². The van der Waals surface area contributed by atoms with Crippen molar-refractivity contribution in [1.82, 2.24) is 0 Å². The van der Waals surface area contributed by atoms with E-state index < -0.39 is 15.6 Å². The SMILES string of the molecule is CC(C)(C)[Si](OCCCCC[P+](c1ccccc1)(c1ccccc1)c1ccccc1)(c1ccccc1)c1ccccc1.[I-]. The van der Waals surface area contributed by atoms with E-state index >= 15 is 0 Å². The summed E-state index contributed by atoms with van der Waals surface area (Å²) in [6.07, 6.45) is 4.52. The van der Waals surface area contributed by atoms with Crippen molar-refractivity contribution in [3.05, 3.63) is 152 Å². The van der Waals surface area contributed by atoms with Gasteiger partial charge in [0.15, 0.2) is 0 Å². The number of rotatable bonds is 12. The molecule has 0 radical (unpaired) electrons. The highest BCUT2D eigenvalue weighted by molar-refractivity contribution is 7.95. The van der Waals surface area contributed by atoms with Gasteiger partial charge in [-0.2, -0.15) is 0 Å². The third-order valence-corrected chi connectivity index (χ3v) is 18.0. The van der Waals surface area contributed by atoms with Crippen LogP contribution in [0.4, 0.5) is 0 Å². The molecule has 43 heavy (non-hydrogen) atoms. The summed E-state index contributed by atoms with van der Waals surface area (Å²) in [6, 6.07) is 55.7. The van der Waals surface area contributed by atoms with Crippen molar-refractivity contribution < 1.29 is 28.4 Å². The molecule has 0 bridgehead atoms. The van der Waals surface area contributed by atoms with Crippen LogP contribution in [0.15, 0.2) is 152 Å². The lowest BCUT2D eigenvalue weighted by molar-refractivity contribution is -0.00000907. The molecule has 0 unspecified atom stereocenters. The molecule has 0 aliphatic heterocycles. The van der Waals surface area contributed by atoms with Gasteiger partial charge < -0.3 is 28.4 Å². The summed E-state index contributed by atoms with van der Waals surface area (Å²) in [6.45, 7) is 7.85. The number of halogens is 1. The fourth-order valence-electron chi connectivity index (χ4n) is 6.50. The first-order chi connectivity index (χ1) is 20.5. The first-order valence-corrected chi connectivity index (χ1v) is 19.2. The Labute approximate surface area is 278 Å². The highest BCUT2D eigenvalue weighted by Crippen LogP contribution is 2.56. The van der Waals surface area contributed by atoms with E-state index in [0.29, 0.717) is 0 Å². The molecule has 0 fully saturated rings. The normalized spacial score (nSPS) is 12.0. The summed E-state index contributed by atoms with van der Waals surface area (Å²) < 4.78 is 7.20. The molecule has 0 saturated carbocycles. The zero-order valence-electron chi connectivity index (χ0n) is 25.7. The maximum absolute atomic E-state index is 7.20. The Morgan fingerprint density at radius 2 is 0.837 bits per heavy atom. The summed E-state index contributed by atoms with van der Waals surface area (Å²) in [5.74, 6) is 0. The lowest BCUT2D eigenvalue weighted by Crippen LogP contribution is -3.00. The second kappa shape index (κ2) is 15.4. The van der Waals surface area contributed by atoms with Gasteiger partial charge in [0.2, 0.25) is 0 Å². The van der Waals surface area contributed by atoms with E-state index in [1.54, 1.807) is 0 Å². The van der Waals surface area contributed by atoms with Gasteiger partial charge in [0.1, 0.15) is 23.2 Å². The molecular weight excluding hydrogens is 670 g/mol. The van der Waals surface area contributed by atoms with Crippen LogP contribution in [0.2, 0.25) is 5.04 Å². The fraction of sp³-hybridized carbons (Fsp3) is 0.231. The summed E-state index contributed by atoms with van der Waals surface area (Å²) >= 11 is 0. The van der Waals surface area contributed by atoms with E-state index in [0.717, 1.165) is 32.0 Å². The average molecular weight is 715 g/mol. The summed E-state index contributed by atoms with van der Waals surface area (Å²) in [4.78, 5) is 0. The molecule has 0 amide bonds. The zero-order valence-corrected chi connectivity index (χ0v) is 29.8. The van der Waals surface area contributed by atoms with Gasteiger partial charge in [-0.05, 0) is 71.1 Å². The molecule has 5 rings (SSSR count). The first-order valence-electron chi connectivity index (χ1n) is 15.3. The van der Waals surface area contributed by atoms with Crippen LogP contribution in [-0.4, -0.2) is 21.1 Å². The predicted octanol–water partition coefficient (Wildman–Crippen LogP) is 4.73. The molecule has 5 aromatic carbocycles. The quantitative estimate of drug-likeness (QED) is 0.0787. The minimum atomic E-state index is -2.50. The van der Waals surface area contributed by atoms with Crippen molar-refractivity contribution in [3.63, 3.8) is 0 Å². The van der Waals surface area contributed by atoms with E-state index in [1.807, 2.05) is 0 Å². The number of unbranched alkanes of at least 4 members (excludes halogenated alkanes) is 2. The molecule has 0 N–H and O–H groups in total. The van der Waals surface area contributed by atoms with Crippen molar-refractivity contribution in [2.75, 3.05) is 12.8 Å². The Bertz CT molecular complexity index is 1350. The molecular formula is C39H44IOPSi. The van der Waals surface area contributed by atoms with Gasteiger partial charge in [-0.15, -0.1) is 0 Å². The summed E-state index contributed by atoms with van der Waals surface area (Å²) in [5, 5.41) is 7.10. The van der Waals surface area contributed by atoms with Gasteiger partial charge in [-0.3, -0.25) is 0 Å². The lowest BCUT2D eigenvalue weighted by atomic mass is 10.2. The molecule has 0 heterocycles. The molecule has 5 aromatic rings. The lowest BCUT2D eigenvalue weighted by Gasteiger charge is -2.43. The molecule has 222 valence electrons. The van der Waals surface area contributed by atoms with Crippen molar-refractivity contribution in [1.29, 1.82) is 0 Å². The molecule has 0 atom stereocenters. The largest absolute Gasteiger partial charge is 1.00 e. The minimum Gasteiger partial charge on any atom is -1.00 e. The third kappa shape index (κ3) is 7.23. The Balaban J connectivity index is 0.00000423. The highest BCUT2D eigenvalue weighted by atomic mass is 127. The van der Waals surface area contributed by atoms with Crippen LogP contribution in [0.1, 0.15) is 40.0 Å². The smallest absolute Gasteiger partial charge is 0.261 e. The maximum Gasteiger partial charge on any atom is 0.261 e. The van der Waals surface area contributed by atoms with Gasteiger partial charge >= 0.3 is 0 Å². The van der Waals surface area contributed by atoms with E-state index in [2.05, 4.69) is 172 Å². The molecule has 0 saturated heterocycles. The van der Waals surface area contributed by atoms with E-state index in [9.17, 15) is 0 Å². The van der Waals surface area contributed by atoms with Crippen LogP contribution in [-0.2, 0) is 4.43 Å². The molecule has 1 nitrogen and oxygen atoms in total. The van der Waals surface area contributed by atoms with Crippen LogP contribution in [0, 0.1) is 0 Å². The standard InChI is InChI=1S/C39H44OPSi.HI/c1-39(2,3)42(37-28-16-7-17-29-37,38-30-18-8-19-31-38)40-32-20-9-21-33-41(34-22-10-4-11-23-34,35-24-12-5-13-25-35)36-26-14-6-15-27-36;/h4-8,10-19,22-31H,9,20-21,32-33H2,1-3H3;1H/q+1;/p-1. The van der Waals surface area contributed by atoms with Crippen LogP contribution in [0.5, 0.6) is 0 Å². The number of hydrogen-bond donors (Lipinski definition) is 0. The second-order valence-corrected chi connectivity index (χ2v) is 20.0. The Morgan fingerprint density at radius 1 is 0.488 bits per heavy atom. The van der Waals surface area contributed by atoms with Crippen molar-refractivity contribution in [2.24, 2.45) is 0 Å². The Hall–Kier alpha value is -2.56. The maximum atomic E-state index is 7.20.